The van der Waals surface area contributed by atoms with Gasteiger partial charge in [-0.3, -0.25) is 0 Å². The molecule has 0 fully saturated rings. The van der Waals surface area contributed by atoms with Gasteiger partial charge in [0, 0.05) is 21.8 Å². The summed E-state index contributed by atoms with van der Waals surface area (Å²) in [7, 11) is 0. The van der Waals surface area contributed by atoms with Crippen molar-refractivity contribution in [3.05, 3.63) is 59.4 Å². The first-order chi connectivity index (χ1) is 7.34. The van der Waals surface area contributed by atoms with Gasteiger partial charge in [0.05, 0.1) is 0 Å². The van der Waals surface area contributed by atoms with Crippen LogP contribution in [0.5, 0.6) is 0 Å². The van der Waals surface area contributed by atoms with Crippen LogP contribution in [-0.4, -0.2) is 0 Å². The third-order valence-corrected chi connectivity index (χ3v) is 3.86. The largest absolute Gasteiger partial charge is 0.207 e. The van der Waals surface area contributed by atoms with E-state index in [1.54, 1.807) is 17.8 Å². The summed E-state index contributed by atoms with van der Waals surface area (Å²) in [5.74, 6) is -0.0884. The molecule has 0 spiro atoms. The van der Waals surface area contributed by atoms with Crippen LogP contribution in [0.3, 0.4) is 0 Å². The molecule has 0 unspecified atom stereocenters. The van der Waals surface area contributed by atoms with Gasteiger partial charge in [0.2, 0.25) is 0 Å². The minimum Gasteiger partial charge on any atom is -0.207 e. The van der Waals surface area contributed by atoms with E-state index in [0.29, 0.717) is 6.42 Å². The second kappa shape index (κ2) is 3.38. The Kier molecular flexibility index (Phi) is 2.03. The number of fused-ring (bicyclic) bond motifs is 2. The zero-order valence-electron chi connectivity index (χ0n) is 8.03. The molecule has 2 aromatic carbocycles. The molecule has 1 heterocycles. The number of hydrogen-bond acceptors (Lipinski definition) is 1. The van der Waals surface area contributed by atoms with E-state index in [0.717, 1.165) is 10.5 Å². The molecule has 15 heavy (non-hydrogen) atoms. The third-order valence-electron chi connectivity index (χ3n) is 2.64. The van der Waals surface area contributed by atoms with Crippen LogP contribution in [0.4, 0.5) is 4.39 Å². The average Bonchev–Trinajstić information content (AvgIpc) is 2.27. The molecule has 0 bridgehead atoms. The minimum absolute atomic E-state index is 0.0884. The molecule has 0 radical (unpaired) electrons. The normalized spacial score (nSPS) is 13.1. The van der Waals surface area contributed by atoms with Gasteiger partial charge < -0.3 is 0 Å². The summed E-state index contributed by atoms with van der Waals surface area (Å²) in [5.41, 5.74) is 2.06. The molecule has 0 saturated carbocycles. The lowest BCUT2D eigenvalue weighted by atomic mass is 10.0. The second-order valence-corrected chi connectivity index (χ2v) is 4.69. The summed E-state index contributed by atoms with van der Waals surface area (Å²) in [4.78, 5) is 2.30. The highest BCUT2D eigenvalue weighted by atomic mass is 32.2. The van der Waals surface area contributed by atoms with Gasteiger partial charge in [-0.25, -0.2) is 4.39 Å². The second-order valence-electron chi connectivity index (χ2n) is 3.60. The maximum absolute atomic E-state index is 13.6. The number of halogens is 1. The molecule has 0 aliphatic carbocycles. The van der Waals surface area contributed by atoms with Gasteiger partial charge in [-0.15, -0.1) is 0 Å². The molecule has 0 N–H and O–H groups in total. The Balaban J connectivity index is 2.15. The van der Waals surface area contributed by atoms with Crippen LogP contribution in [0.1, 0.15) is 11.1 Å². The molecule has 0 nitrogen and oxygen atoms in total. The fraction of sp³-hybridized carbons (Fsp3) is 0.0769. The van der Waals surface area contributed by atoms with Crippen molar-refractivity contribution in [2.24, 2.45) is 0 Å². The molecule has 74 valence electrons. The van der Waals surface area contributed by atoms with Crippen molar-refractivity contribution in [3.63, 3.8) is 0 Å². The quantitative estimate of drug-likeness (QED) is 0.549. The Labute approximate surface area is 92.1 Å². The predicted molar refractivity (Wildman–Crippen MR) is 59.8 cm³/mol. The Morgan fingerprint density at radius 1 is 0.933 bits per heavy atom. The number of hydrogen-bond donors (Lipinski definition) is 0. The molecular weight excluding hydrogens is 207 g/mol. The summed E-state index contributed by atoms with van der Waals surface area (Å²) < 4.78 is 13.6. The van der Waals surface area contributed by atoms with Crippen molar-refractivity contribution in [3.8, 4) is 0 Å². The molecule has 1 aliphatic heterocycles. The topological polar surface area (TPSA) is 0 Å². The first-order valence-electron chi connectivity index (χ1n) is 4.88. The van der Waals surface area contributed by atoms with E-state index in [1.807, 2.05) is 18.2 Å². The molecule has 3 rings (SSSR count). The molecule has 0 amide bonds. The van der Waals surface area contributed by atoms with Crippen molar-refractivity contribution >= 4 is 11.8 Å². The molecule has 2 aromatic rings. The minimum atomic E-state index is -0.0884. The maximum atomic E-state index is 13.6. The van der Waals surface area contributed by atoms with Gasteiger partial charge in [0.25, 0.3) is 0 Å². The van der Waals surface area contributed by atoms with E-state index in [-0.39, 0.29) is 5.82 Å². The molecule has 2 heteroatoms. The molecular formula is C13H9FS. The lowest BCUT2D eigenvalue weighted by Gasteiger charge is -2.18. The Bertz CT molecular complexity index is 520. The van der Waals surface area contributed by atoms with E-state index in [2.05, 4.69) is 12.1 Å². The van der Waals surface area contributed by atoms with E-state index < -0.39 is 0 Å². The highest BCUT2D eigenvalue weighted by Gasteiger charge is 2.17. The van der Waals surface area contributed by atoms with E-state index in [9.17, 15) is 4.39 Å². The monoisotopic (exact) mass is 216 g/mol. The van der Waals surface area contributed by atoms with Crippen LogP contribution < -0.4 is 0 Å². The van der Waals surface area contributed by atoms with Crippen LogP contribution >= 0.6 is 11.8 Å². The molecule has 0 aromatic heterocycles. The molecule has 0 atom stereocenters. The number of benzene rings is 2. The smallest absolute Gasteiger partial charge is 0.127 e. The fourth-order valence-electron chi connectivity index (χ4n) is 1.86. The summed E-state index contributed by atoms with van der Waals surface area (Å²) in [6, 6.07) is 13.5. The van der Waals surface area contributed by atoms with E-state index in [4.69, 9.17) is 0 Å². The van der Waals surface area contributed by atoms with E-state index in [1.165, 1.54) is 16.5 Å². The lowest BCUT2D eigenvalue weighted by Crippen LogP contribution is -2.01. The van der Waals surface area contributed by atoms with Gasteiger partial charge in [0.15, 0.2) is 0 Å². The Morgan fingerprint density at radius 2 is 1.73 bits per heavy atom. The zero-order valence-corrected chi connectivity index (χ0v) is 8.85. The summed E-state index contributed by atoms with van der Waals surface area (Å²) in [6.07, 6.45) is 0.713. The average molecular weight is 216 g/mol. The van der Waals surface area contributed by atoms with E-state index >= 15 is 0 Å². The van der Waals surface area contributed by atoms with Crippen molar-refractivity contribution in [2.75, 3.05) is 0 Å². The van der Waals surface area contributed by atoms with Crippen LogP contribution in [0.2, 0.25) is 0 Å². The third kappa shape index (κ3) is 1.45. The molecule has 1 aliphatic rings. The van der Waals surface area contributed by atoms with Gasteiger partial charge in [-0.05, 0) is 23.8 Å². The van der Waals surface area contributed by atoms with Crippen LogP contribution in [0.25, 0.3) is 0 Å². The first kappa shape index (κ1) is 8.98. The van der Waals surface area contributed by atoms with Gasteiger partial charge >= 0.3 is 0 Å². The SMILES string of the molecule is Fc1cccc2c1Cc1ccccc1S2. The summed E-state index contributed by atoms with van der Waals surface area (Å²) in [6.45, 7) is 0. The van der Waals surface area contributed by atoms with Gasteiger partial charge in [0.1, 0.15) is 5.82 Å². The first-order valence-corrected chi connectivity index (χ1v) is 5.69. The summed E-state index contributed by atoms with van der Waals surface area (Å²) >= 11 is 1.66. The highest BCUT2D eigenvalue weighted by molar-refractivity contribution is 7.99. The fourth-order valence-corrected chi connectivity index (χ4v) is 2.96. The van der Waals surface area contributed by atoms with Crippen molar-refractivity contribution in [1.82, 2.24) is 0 Å². The zero-order chi connectivity index (χ0) is 10.3. The van der Waals surface area contributed by atoms with Gasteiger partial charge in [-0.2, -0.15) is 0 Å². The molecule has 0 saturated heterocycles. The lowest BCUT2D eigenvalue weighted by molar-refractivity contribution is 0.607. The Morgan fingerprint density at radius 3 is 2.67 bits per heavy atom. The van der Waals surface area contributed by atoms with Crippen molar-refractivity contribution in [2.45, 2.75) is 16.2 Å². The van der Waals surface area contributed by atoms with Crippen LogP contribution in [0.15, 0.2) is 52.3 Å². The van der Waals surface area contributed by atoms with Gasteiger partial charge in [-0.1, -0.05) is 36.0 Å². The standard InChI is InChI=1S/C13H9FS/c14-11-5-3-7-13-10(11)8-9-4-1-2-6-12(9)15-13/h1-7H,8H2. The maximum Gasteiger partial charge on any atom is 0.127 e. The highest BCUT2D eigenvalue weighted by Crippen LogP contribution is 2.39. The summed E-state index contributed by atoms with van der Waals surface area (Å²) in [5, 5.41) is 0. The predicted octanol–water partition coefficient (Wildman–Crippen LogP) is 3.88. The van der Waals surface area contributed by atoms with Crippen LogP contribution in [-0.2, 0) is 6.42 Å². The number of rotatable bonds is 0. The Hall–Kier alpha value is -1.28. The van der Waals surface area contributed by atoms with Crippen molar-refractivity contribution < 1.29 is 4.39 Å². The van der Waals surface area contributed by atoms with Crippen LogP contribution in [0, 0.1) is 5.82 Å². The van der Waals surface area contributed by atoms with Crippen molar-refractivity contribution in [1.29, 1.82) is 0 Å².